The van der Waals surface area contributed by atoms with Crippen LogP contribution in [0.3, 0.4) is 0 Å². The summed E-state index contributed by atoms with van der Waals surface area (Å²) in [6, 6.07) is 11.1. The molecular weight excluding hydrogens is 266 g/mol. The van der Waals surface area contributed by atoms with Gasteiger partial charge in [-0.25, -0.2) is 5.06 Å². The molecule has 1 N–H and O–H groups in total. The van der Waals surface area contributed by atoms with Crippen LogP contribution in [0.1, 0.15) is 0 Å². The minimum atomic E-state index is -0.783. The highest BCUT2D eigenvalue weighted by atomic mass is 16.6. The van der Waals surface area contributed by atoms with E-state index in [0.29, 0.717) is 10.8 Å². The summed E-state index contributed by atoms with van der Waals surface area (Å²) in [7, 11) is 0. The topological polar surface area (TPSA) is 110 Å². The molecule has 0 aliphatic heterocycles. The lowest BCUT2D eigenvalue weighted by molar-refractivity contribution is -0.393. The van der Waals surface area contributed by atoms with Crippen molar-refractivity contribution in [3.8, 4) is 0 Å². The van der Waals surface area contributed by atoms with E-state index < -0.39 is 21.2 Å². The zero-order valence-corrected chi connectivity index (χ0v) is 10.0. The standard InChI is InChI=1S/C12H9N3O5/c16-13(9-4-2-1-3-5-9)11-7-6-10(14(17)18)8-12(11)15(19)20/h1-8,16H. The molecule has 2 rings (SSSR count). The summed E-state index contributed by atoms with van der Waals surface area (Å²) in [6.45, 7) is 0. The first-order chi connectivity index (χ1) is 9.50. The summed E-state index contributed by atoms with van der Waals surface area (Å²) in [5.41, 5.74) is -0.802. The van der Waals surface area contributed by atoms with Crippen LogP contribution in [0.4, 0.5) is 22.7 Å². The van der Waals surface area contributed by atoms with Gasteiger partial charge < -0.3 is 0 Å². The van der Waals surface area contributed by atoms with E-state index in [2.05, 4.69) is 0 Å². The number of non-ortho nitro benzene ring substituents is 1. The molecule has 0 aliphatic rings. The van der Waals surface area contributed by atoms with Crippen molar-refractivity contribution in [1.29, 1.82) is 0 Å². The molecule has 20 heavy (non-hydrogen) atoms. The molecule has 0 saturated carbocycles. The van der Waals surface area contributed by atoms with Crippen LogP contribution in [0.25, 0.3) is 0 Å². The molecule has 0 atom stereocenters. The third-order valence-corrected chi connectivity index (χ3v) is 2.60. The second-order valence-corrected chi connectivity index (χ2v) is 3.83. The summed E-state index contributed by atoms with van der Waals surface area (Å²) in [6.07, 6.45) is 0. The van der Waals surface area contributed by atoms with Gasteiger partial charge in [0.2, 0.25) is 0 Å². The van der Waals surface area contributed by atoms with Crippen molar-refractivity contribution in [3.05, 3.63) is 68.8 Å². The molecule has 0 bridgehead atoms. The van der Waals surface area contributed by atoms with E-state index in [0.717, 1.165) is 18.2 Å². The predicted molar refractivity (Wildman–Crippen MR) is 70.1 cm³/mol. The smallest absolute Gasteiger partial charge is 0.283 e. The van der Waals surface area contributed by atoms with Gasteiger partial charge in [0.25, 0.3) is 5.69 Å². The molecule has 0 aliphatic carbocycles. The SMILES string of the molecule is O=[N+]([O-])c1ccc(N(O)c2ccccc2)c([N+](=O)[O-])c1. The second kappa shape index (κ2) is 5.33. The molecule has 0 aromatic heterocycles. The molecule has 2 aromatic rings. The summed E-state index contributed by atoms with van der Waals surface area (Å²) in [4.78, 5) is 20.1. The number of nitrogens with zero attached hydrogens (tertiary/aromatic N) is 3. The molecule has 0 unspecified atom stereocenters. The number of hydrogen-bond donors (Lipinski definition) is 1. The van der Waals surface area contributed by atoms with E-state index in [9.17, 15) is 25.4 Å². The van der Waals surface area contributed by atoms with Gasteiger partial charge in [0.15, 0.2) is 0 Å². The summed E-state index contributed by atoms with van der Waals surface area (Å²) in [5, 5.41) is 32.2. The molecule has 102 valence electrons. The number of para-hydroxylation sites is 1. The van der Waals surface area contributed by atoms with Gasteiger partial charge in [-0.2, -0.15) is 0 Å². The van der Waals surface area contributed by atoms with Crippen LogP contribution in [0.2, 0.25) is 0 Å². The zero-order valence-electron chi connectivity index (χ0n) is 10.0. The van der Waals surface area contributed by atoms with Gasteiger partial charge in [-0.05, 0) is 18.2 Å². The Kier molecular flexibility index (Phi) is 3.58. The lowest BCUT2D eigenvalue weighted by Gasteiger charge is -2.16. The van der Waals surface area contributed by atoms with Crippen LogP contribution in [0.5, 0.6) is 0 Å². The number of nitro groups is 2. The monoisotopic (exact) mass is 275 g/mol. The molecular formula is C12H9N3O5. The molecule has 0 amide bonds. The van der Waals surface area contributed by atoms with Gasteiger partial charge in [0, 0.05) is 6.07 Å². The Morgan fingerprint density at radius 1 is 0.950 bits per heavy atom. The lowest BCUT2D eigenvalue weighted by Crippen LogP contribution is -2.12. The van der Waals surface area contributed by atoms with E-state index >= 15 is 0 Å². The Balaban J connectivity index is 2.51. The molecule has 0 spiro atoms. The maximum atomic E-state index is 11.0. The highest BCUT2D eigenvalue weighted by Crippen LogP contribution is 2.34. The Morgan fingerprint density at radius 2 is 1.60 bits per heavy atom. The quantitative estimate of drug-likeness (QED) is 0.678. The fraction of sp³-hybridized carbons (Fsp3) is 0. The van der Waals surface area contributed by atoms with Gasteiger partial charge in [-0.15, -0.1) is 0 Å². The molecule has 2 aromatic carbocycles. The molecule has 0 radical (unpaired) electrons. The zero-order chi connectivity index (χ0) is 14.7. The number of rotatable bonds is 4. The lowest BCUT2D eigenvalue weighted by atomic mass is 10.2. The van der Waals surface area contributed by atoms with Crippen molar-refractivity contribution >= 4 is 22.7 Å². The van der Waals surface area contributed by atoms with Crippen LogP contribution in [-0.4, -0.2) is 15.1 Å². The van der Waals surface area contributed by atoms with Crippen LogP contribution in [0.15, 0.2) is 48.5 Å². The van der Waals surface area contributed by atoms with Crippen LogP contribution < -0.4 is 5.06 Å². The Morgan fingerprint density at radius 3 is 2.15 bits per heavy atom. The van der Waals surface area contributed by atoms with Crippen molar-refractivity contribution in [2.75, 3.05) is 5.06 Å². The Labute approximate surface area is 112 Å². The second-order valence-electron chi connectivity index (χ2n) is 3.83. The fourth-order valence-corrected chi connectivity index (χ4v) is 1.66. The van der Waals surface area contributed by atoms with E-state index in [-0.39, 0.29) is 5.69 Å². The number of benzene rings is 2. The number of anilines is 2. The first-order valence-electron chi connectivity index (χ1n) is 5.47. The van der Waals surface area contributed by atoms with E-state index in [1.165, 1.54) is 0 Å². The highest BCUT2D eigenvalue weighted by molar-refractivity contribution is 5.71. The normalized spacial score (nSPS) is 10.1. The van der Waals surface area contributed by atoms with Gasteiger partial charge in [0.1, 0.15) is 5.69 Å². The molecule has 0 saturated heterocycles. The van der Waals surface area contributed by atoms with Crippen molar-refractivity contribution in [2.45, 2.75) is 0 Å². The first kappa shape index (κ1) is 13.4. The minimum absolute atomic E-state index is 0.146. The maximum absolute atomic E-state index is 11.0. The largest absolute Gasteiger partial charge is 0.302 e. The van der Waals surface area contributed by atoms with Crippen LogP contribution in [-0.2, 0) is 0 Å². The Hall–Kier alpha value is -3.00. The number of hydrogen-bond acceptors (Lipinski definition) is 6. The van der Waals surface area contributed by atoms with Crippen molar-refractivity contribution in [2.24, 2.45) is 0 Å². The maximum Gasteiger partial charge on any atom is 0.302 e. The minimum Gasteiger partial charge on any atom is -0.283 e. The van der Waals surface area contributed by atoms with Crippen LogP contribution in [0, 0.1) is 20.2 Å². The fourth-order valence-electron chi connectivity index (χ4n) is 1.66. The van der Waals surface area contributed by atoms with E-state index in [1.54, 1.807) is 30.3 Å². The predicted octanol–water partition coefficient (Wildman–Crippen LogP) is 3.03. The van der Waals surface area contributed by atoms with Crippen molar-refractivity contribution in [3.63, 3.8) is 0 Å². The van der Waals surface area contributed by atoms with E-state index in [1.807, 2.05) is 0 Å². The third kappa shape index (κ3) is 2.54. The van der Waals surface area contributed by atoms with Gasteiger partial charge in [-0.1, -0.05) is 18.2 Å². The molecule has 8 nitrogen and oxygen atoms in total. The first-order valence-corrected chi connectivity index (χ1v) is 5.47. The average molecular weight is 275 g/mol. The summed E-state index contributed by atoms with van der Waals surface area (Å²) >= 11 is 0. The van der Waals surface area contributed by atoms with Crippen LogP contribution >= 0.6 is 0 Å². The van der Waals surface area contributed by atoms with Gasteiger partial charge >= 0.3 is 5.69 Å². The molecule has 0 heterocycles. The number of nitro benzene ring substituents is 2. The molecule has 0 fully saturated rings. The van der Waals surface area contributed by atoms with E-state index in [4.69, 9.17) is 0 Å². The van der Waals surface area contributed by atoms with Gasteiger partial charge in [-0.3, -0.25) is 25.4 Å². The third-order valence-electron chi connectivity index (χ3n) is 2.60. The van der Waals surface area contributed by atoms with Gasteiger partial charge in [0.05, 0.1) is 21.6 Å². The van der Waals surface area contributed by atoms with Crippen molar-refractivity contribution in [1.82, 2.24) is 0 Å². The Bertz CT molecular complexity index is 659. The summed E-state index contributed by atoms with van der Waals surface area (Å²) in [5.74, 6) is 0. The highest BCUT2D eigenvalue weighted by Gasteiger charge is 2.23. The molecule has 8 heteroatoms. The average Bonchev–Trinajstić information content (AvgIpc) is 2.46. The van der Waals surface area contributed by atoms with Crippen molar-refractivity contribution < 1.29 is 15.1 Å². The summed E-state index contributed by atoms with van der Waals surface area (Å²) < 4.78 is 0.